The maximum atomic E-state index is 6.00. The first kappa shape index (κ1) is 13.8. The number of aromatic nitrogens is 2. The van der Waals surface area contributed by atoms with Crippen LogP contribution in [0.3, 0.4) is 0 Å². The van der Waals surface area contributed by atoms with E-state index in [1.807, 2.05) is 24.3 Å². The Morgan fingerprint density at radius 3 is 2.59 bits per heavy atom. The molecule has 1 aromatic heterocycles. The van der Waals surface area contributed by atoms with Crippen LogP contribution in [0.5, 0.6) is 0 Å². The Bertz CT molecular complexity index is 667. The third-order valence-electron chi connectivity index (χ3n) is 4.64. The van der Waals surface area contributed by atoms with Crippen molar-refractivity contribution in [2.45, 2.75) is 44.2 Å². The van der Waals surface area contributed by atoms with Crippen molar-refractivity contribution in [1.29, 1.82) is 0 Å². The van der Waals surface area contributed by atoms with E-state index < -0.39 is 0 Å². The Hall–Kier alpha value is -1.88. The van der Waals surface area contributed by atoms with Crippen LogP contribution >= 0.6 is 0 Å². The molecule has 4 rings (SSSR count). The van der Waals surface area contributed by atoms with E-state index in [9.17, 15) is 0 Å². The Balaban J connectivity index is 1.78. The predicted octanol–water partition coefficient (Wildman–Crippen LogP) is 2.52. The van der Waals surface area contributed by atoms with Crippen LogP contribution in [0, 0.1) is 0 Å². The highest BCUT2D eigenvalue weighted by Gasteiger charge is 2.28. The van der Waals surface area contributed by atoms with Gasteiger partial charge in [-0.1, -0.05) is 12.1 Å². The van der Waals surface area contributed by atoms with Gasteiger partial charge in [0.25, 0.3) is 0 Å². The first-order valence-electron chi connectivity index (χ1n) is 8.35. The standard InChI is InChI=1S/C17H23N5/c18-11-13-5-3-4-10-22(13)17-16(19-12-8-9-12)20-14-6-1-2-7-15(14)21-17/h1-2,6-7,12-13H,3-5,8-11,18H2,(H,19,20). The van der Waals surface area contributed by atoms with Crippen LogP contribution in [0.15, 0.2) is 24.3 Å². The summed E-state index contributed by atoms with van der Waals surface area (Å²) in [6.07, 6.45) is 6.06. The topological polar surface area (TPSA) is 67.1 Å². The molecule has 1 unspecified atom stereocenters. The fourth-order valence-electron chi connectivity index (χ4n) is 3.23. The summed E-state index contributed by atoms with van der Waals surface area (Å²) in [5, 5.41) is 3.56. The summed E-state index contributed by atoms with van der Waals surface area (Å²) in [6, 6.07) is 9.04. The quantitative estimate of drug-likeness (QED) is 0.907. The highest BCUT2D eigenvalue weighted by Crippen LogP contribution is 2.33. The molecule has 1 aliphatic heterocycles. The van der Waals surface area contributed by atoms with Gasteiger partial charge in [0, 0.05) is 25.2 Å². The van der Waals surface area contributed by atoms with Gasteiger partial charge in [-0.3, -0.25) is 0 Å². The van der Waals surface area contributed by atoms with E-state index in [0.717, 1.165) is 35.6 Å². The zero-order valence-corrected chi connectivity index (χ0v) is 12.8. The lowest BCUT2D eigenvalue weighted by atomic mass is 10.0. The zero-order chi connectivity index (χ0) is 14.9. The molecular weight excluding hydrogens is 274 g/mol. The molecule has 0 bridgehead atoms. The summed E-state index contributed by atoms with van der Waals surface area (Å²) in [5.41, 5.74) is 7.91. The number of rotatable bonds is 4. The molecule has 2 aliphatic rings. The van der Waals surface area contributed by atoms with Crippen molar-refractivity contribution < 1.29 is 0 Å². The Labute approximate surface area is 130 Å². The minimum Gasteiger partial charge on any atom is -0.364 e. The smallest absolute Gasteiger partial charge is 0.172 e. The van der Waals surface area contributed by atoms with Crippen molar-refractivity contribution in [3.8, 4) is 0 Å². The Kier molecular flexibility index (Phi) is 3.58. The van der Waals surface area contributed by atoms with Gasteiger partial charge in [-0.2, -0.15) is 0 Å². The second-order valence-electron chi connectivity index (χ2n) is 6.38. The molecule has 22 heavy (non-hydrogen) atoms. The number of nitrogens with two attached hydrogens (primary N) is 1. The highest BCUT2D eigenvalue weighted by molar-refractivity contribution is 5.80. The molecule has 5 nitrogen and oxygen atoms in total. The first-order chi connectivity index (χ1) is 10.8. The monoisotopic (exact) mass is 297 g/mol. The van der Waals surface area contributed by atoms with Gasteiger partial charge < -0.3 is 16.0 Å². The molecular formula is C17H23N5. The van der Waals surface area contributed by atoms with Gasteiger partial charge in [-0.25, -0.2) is 9.97 Å². The number of nitrogens with zero attached hydrogens (tertiary/aromatic N) is 3. The minimum absolute atomic E-state index is 0.379. The Morgan fingerprint density at radius 2 is 1.86 bits per heavy atom. The summed E-state index contributed by atoms with van der Waals surface area (Å²) < 4.78 is 0. The first-order valence-corrected chi connectivity index (χ1v) is 8.35. The second-order valence-corrected chi connectivity index (χ2v) is 6.38. The van der Waals surface area contributed by atoms with Crippen LogP contribution in [-0.2, 0) is 0 Å². The molecule has 1 atom stereocenters. The number of benzene rings is 1. The summed E-state index contributed by atoms with van der Waals surface area (Å²) in [5.74, 6) is 1.92. The van der Waals surface area contributed by atoms with Crippen LogP contribution < -0.4 is 16.0 Å². The van der Waals surface area contributed by atoms with Gasteiger partial charge in [0.2, 0.25) is 0 Å². The largest absolute Gasteiger partial charge is 0.364 e. The summed E-state index contributed by atoms with van der Waals surface area (Å²) in [4.78, 5) is 12.1. The molecule has 0 amide bonds. The average Bonchev–Trinajstić information content (AvgIpc) is 3.38. The molecule has 5 heteroatoms. The minimum atomic E-state index is 0.379. The molecule has 1 aliphatic carbocycles. The molecule has 2 fully saturated rings. The van der Waals surface area contributed by atoms with E-state index in [-0.39, 0.29) is 0 Å². The van der Waals surface area contributed by atoms with Crippen LogP contribution in [-0.4, -0.2) is 35.1 Å². The number of para-hydroxylation sites is 2. The number of nitrogens with one attached hydrogen (secondary N) is 1. The highest BCUT2D eigenvalue weighted by atomic mass is 15.3. The lowest BCUT2D eigenvalue weighted by Gasteiger charge is -2.36. The van der Waals surface area contributed by atoms with E-state index in [4.69, 9.17) is 15.7 Å². The number of fused-ring (bicyclic) bond motifs is 1. The number of hydrogen-bond acceptors (Lipinski definition) is 5. The maximum Gasteiger partial charge on any atom is 0.172 e. The van der Waals surface area contributed by atoms with E-state index in [1.165, 1.54) is 25.7 Å². The van der Waals surface area contributed by atoms with Crippen LogP contribution in [0.2, 0.25) is 0 Å². The van der Waals surface area contributed by atoms with Crippen molar-refractivity contribution in [2.75, 3.05) is 23.3 Å². The van der Waals surface area contributed by atoms with Gasteiger partial charge in [0.05, 0.1) is 11.0 Å². The van der Waals surface area contributed by atoms with Crippen molar-refractivity contribution >= 4 is 22.7 Å². The van der Waals surface area contributed by atoms with E-state index in [1.54, 1.807) is 0 Å². The van der Waals surface area contributed by atoms with E-state index >= 15 is 0 Å². The van der Waals surface area contributed by atoms with Gasteiger partial charge in [-0.15, -0.1) is 0 Å². The van der Waals surface area contributed by atoms with Gasteiger partial charge >= 0.3 is 0 Å². The van der Waals surface area contributed by atoms with Gasteiger partial charge in [0.1, 0.15) is 0 Å². The third-order valence-corrected chi connectivity index (χ3v) is 4.64. The molecule has 1 aromatic carbocycles. The number of hydrogen-bond donors (Lipinski definition) is 2. The third kappa shape index (κ3) is 2.61. The average molecular weight is 297 g/mol. The molecule has 0 spiro atoms. The molecule has 2 heterocycles. The van der Waals surface area contributed by atoms with Crippen molar-refractivity contribution in [2.24, 2.45) is 5.73 Å². The number of piperidine rings is 1. The van der Waals surface area contributed by atoms with E-state index in [2.05, 4.69) is 10.2 Å². The lowest BCUT2D eigenvalue weighted by Crippen LogP contribution is -2.45. The normalized spacial score (nSPS) is 22.0. The zero-order valence-electron chi connectivity index (χ0n) is 12.8. The van der Waals surface area contributed by atoms with Crippen molar-refractivity contribution in [3.05, 3.63) is 24.3 Å². The molecule has 1 saturated heterocycles. The molecule has 3 N–H and O–H groups in total. The molecule has 1 saturated carbocycles. The summed E-state index contributed by atoms with van der Waals surface area (Å²) in [7, 11) is 0. The van der Waals surface area contributed by atoms with Crippen LogP contribution in [0.1, 0.15) is 32.1 Å². The molecule has 2 aromatic rings. The SMILES string of the molecule is NCC1CCCCN1c1nc2ccccc2nc1NC1CC1. The fourth-order valence-corrected chi connectivity index (χ4v) is 3.23. The van der Waals surface area contributed by atoms with Gasteiger partial charge in [-0.05, 0) is 44.2 Å². The fraction of sp³-hybridized carbons (Fsp3) is 0.529. The van der Waals surface area contributed by atoms with E-state index in [0.29, 0.717) is 18.6 Å². The summed E-state index contributed by atoms with van der Waals surface area (Å²) >= 11 is 0. The second kappa shape index (κ2) is 5.72. The lowest BCUT2D eigenvalue weighted by molar-refractivity contribution is 0.462. The van der Waals surface area contributed by atoms with Crippen molar-refractivity contribution in [3.63, 3.8) is 0 Å². The Morgan fingerprint density at radius 1 is 1.09 bits per heavy atom. The maximum absolute atomic E-state index is 6.00. The van der Waals surface area contributed by atoms with Gasteiger partial charge in [0.15, 0.2) is 11.6 Å². The molecule has 116 valence electrons. The van der Waals surface area contributed by atoms with Crippen molar-refractivity contribution in [1.82, 2.24) is 9.97 Å². The summed E-state index contributed by atoms with van der Waals surface area (Å²) in [6.45, 7) is 1.70. The van der Waals surface area contributed by atoms with Crippen LogP contribution in [0.4, 0.5) is 11.6 Å². The predicted molar refractivity (Wildman–Crippen MR) is 90.2 cm³/mol. The number of anilines is 2. The molecule has 0 radical (unpaired) electrons. The van der Waals surface area contributed by atoms with Crippen LogP contribution in [0.25, 0.3) is 11.0 Å².